The molecule has 9 nitrogen and oxygen atoms in total. The van der Waals surface area contributed by atoms with Crippen LogP contribution >= 0.6 is 0 Å². The summed E-state index contributed by atoms with van der Waals surface area (Å²) in [6, 6.07) is 15.0. The smallest absolute Gasteiger partial charge is 0.244 e. The van der Waals surface area contributed by atoms with Crippen LogP contribution in [0.15, 0.2) is 48.5 Å². The van der Waals surface area contributed by atoms with Gasteiger partial charge >= 0.3 is 0 Å². The summed E-state index contributed by atoms with van der Waals surface area (Å²) >= 11 is 0. The van der Waals surface area contributed by atoms with Crippen molar-refractivity contribution in [3.63, 3.8) is 0 Å². The van der Waals surface area contributed by atoms with Gasteiger partial charge in [-0.15, -0.1) is 5.10 Å². The summed E-state index contributed by atoms with van der Waals surface area (Å²) in [5, 5.41) is 8.92. The van der Waals surface area contributed by atoms with E-state index in [0.29, 0.717) is 17.4 Å². The molecule has 2 aromatic heterocycles. The van der Waals surface area contributed by atoms with Crippen LogP contribution in [0.4, 0.5) is 5.95 Å². The first-order chi connectivity index (χ1) is 16.0. The van der Waals surface area contributed by atoms with Crippen LogP contribution in [0.1, 0.15) is 6.92 Å². The molecule has 0 spiro atoms. The van der Waals surface area contributed by atoms with E-state index in [1.807, 2.05) is 60.4 Å². The first-order valence-electron chi connectivity index (χ1n) is 11.1. The lowest BCUT2D eigenvalue weighted by Gasteiger charge is -2.34. The van der Waals surface area contributed by atoms with Gasteiger partial charge < -0.3 is 19.9 Å². The molecule has 0 bridgehead atoms. The molecular formula is C24H27N7O2. The van der Waals surface area contributed by atoms with Gasteiger partial charge in [0.1, 0.15) is 11.8 Å². The van der Waals surface area contributed by atoms with Gasteiger partial charge in [-0.3, -0.25) is 4.79 Å². The summed E-state index contributed by atoms with van der Waals surface area (Å²) < 4.78 is 6.95. The number of rotatable bonds is 5. The number of para-hydroxylation sites is 1. The van der Waals surface area contributed by atoms with Crippen molar-refractivity contribution >= 4 is 28.4 Å². The number of likely N-dealkylation sites (N-methyl/N-ethyl adjacent to an activating group) is 1. The molecule has 1 aliphatic heterocycles. The number of ether oxygens (including phenoxy) is 1. The molecule has 9 heteroatoms. The zero-order valence-corrected chi connectivity index (χ0v) is 19.0. The van der Waals surface area contributed by atoms with E-state index in [-0.39, 0.29) is 5.91 Å². The standard InChI is InChI=1S/C24H27N7O2/c1-16(23(32)30-14-12-29(2)13-15-30)25-24-26-20-7-5-4-6-19(20)22-27-21(28-31(22)24)17-8-10-18(33-3)11-9-17/h4-11,16H,12-15H2,1-3H3,(H,25,26). The Kier molecular flexibility index (Phi) is 5.55. The molecule has 0 saturated carbocycles. The average molecular weight is 446 g/mol. The van der Waals surface area contributed by atoms with Crippen LogP contribution in [0, 0.1) is 0 Å². The fraction of sp³-hybridized carbons (Fsp3) is 0.333. The normalized spacial score (nSPS) is 15.7. The van der Waals surface area contributed by atoms with Gasteiger partial charge in [0.25, 0.3) is 0 Å². The third kappa shape index (κ3) is 4.07. The van der Waals surface area contributed by atoms with Crippen LogP contribution in [0.2, 0.25) is 0 Å². The molecule has 33 heavy (non-hydrogen) atoms. The number of hydrogen-bond donors (Lipinski definition) is 1. The van der Waals surface area contributed by atoms with Crippen molar-refractivity contribution in [1.82, 2.24) is 29.4 Å². The molecule has 1 fully saturated rings. The number of nitrogens with one attached hydrogen (secondary N) is 1. The lowest BCUT2D eigenvalue weighted by atomic mass is 10.2. The summed E-state index contributed by atoms with van der Waals surface area (Å²) in [5.74, 6) is 1.90. The van der Waals surface area contributed by atoms with Gasteiger partial charge in [-0.2, -0.15) is 4.52 Å². The van der Waals surface area contributed by atoms with Gasteiger partial charge in [-0.25, -0.2) is 9.97 Å². The Morgan fingerprint density at radius 1 is 1.03 bits per heavy atom. The molecule has 2 aromatic carbocycles. The second-order valence-corrected chi connectivity index (χ2v) is 8.35. The number of benzene rings is 2. The van der Waals surface area contributed by atoms with Crippen LogP contribution in [-0.2, 0) is 4.79 Å². The molecule has 1 saturated heterocycles. The lowest BCUT2D eigenvalue weighted by Crippen LogP contribution is -2.51. The van der Waals surface area contributed by atoms with Crippen molar-refractivity contribution in [1.29, 1.82) is 0 Å². The van der Waals surface area contributed by atoms with E-state index in [1.54, 1.807) is 11.6 Å². The minimum atomic E-state index is -0.445. The molecule has 1 amide bonds. The number of anilines is 1. The van der Waals surface area contributed by atoms with E-state index in [0.717, 1.165) is 48.4 Å². The van der Waals surface area contributed by atoms with Gasteiger partial charge in [0.2, 0.25) is 11.9 Å². The summed E-state index contributed by atoms with van der Waals surface area (Å²) in [4.78, 5) is 26.8. The first kappa shape index (κ1) is 21.1. The number of nitrogens with zero attached hydrogens (tertiary/aromatic N) is 6. The highest BCUT2D eigenvalue weighted by molar-refractivity contribution is 5.93. The zero-order chi connectivity index (χ0) is 22.9. The van der Waals surface area contributed by atoms with Crippen molar-refractivity contribution in [2.45, 2.75) is 13.0 Å². The average Bonchev–Trinajstić information content (AvgIpc) is 3.30. The number of carbonyl (C=O) groups excluding carboxylic acids is 1. The van der Waals surface area contributed by atoms with E-state index < -0.39 is 6.04 Å². The molecule has 0 aliphatic carbocycles. The van der Waals surface area contributed by atoms with Crippen molar-refractivity contribution in [2.75, 3.05) is 45.7 Å². The minimum absolute atomic E-state index is 0.0571. The molecule has 1 aliphatic rings. The molecule has 1 atom stereocenters. The van der Waals surface area contributed by atoms with Crippen LogP contribution in [-0.4, -0.2) is 81.7 Å². The maximum atomic E-state index is 13.1. The van der Waals surface area contributed by atoms with Gasteiger partial charge in [0.15, 0.2) is 11.5 Å². The second kappa shape index (κ2) is 8.67. The van der Waals surface area contributed by atoms with Gasteiger partial charge in [-0.05, 0) is 50.4 Å². The van der Waals surface area contributed by atoms with Crippen molar-refractivity contribution in [3.8, 4) is 17.1 Å². The SMILES string of the molecule is COc1ccc(-c2nc3c4ccccc4nc(NC(C)C(=O)N4CCN(C)CC4)n3n2)cc1. The number of methoxy groups -OCH3 is 1. The molecule has 1 N–H and O–H groups in total. The molecule has 3 heterocycles. The maximum Gasteiger partial charge on any atom is 0.244 e. The Labute approximate surface area is 192 Å². The highest BCUT2D eigenvalue weighted by Crippen LogP contribution is 2.25. The predicted octanol–water partition coefficient (Wildman–Crippen LogP) is 2.53. The Morgan fingerprint density at radius 3 is 2.48 bits per heavy atom. The Bertz CT molecular complexity index is 1290. The second-order valence-electron chi connectivity index (χ2n) is 8.35. The van der Waals surface area contributed by atoms with Gasteiger partial charge in [0, 0.05) is 37.1 Å². The van der Waals surface area contributed by atoms with Gasteiger partial charge in [-0.1, -0.05) is 12.1 Å². The fourth-order valence-electron chi connectivity index (χ4n) is 4.07. The largest absolute Gasteiger partial charge is 0.497 e. The fourth-order valence-corrected chi connectivity index (χ4v) is 4.07. The summed E-state index contributed by atoms with van der Waals surface area (Å²) in [6.07, 6.45) is 0. The van der Waals surface area contributed by atoms with Crippen LogP contribution in [0.5, 0.6) is 5.75 Å². The highest BCUT2D eigenvalue weighted by Gasteiger charge is 2.25. The predicted molar refractivity (Wildman–Crippen MR) is 127 cm³/mol. The Morgan fingerprint density at radius 2 is 1.76 bits per heavy atom. The van der Waals surface area contributed by atoms with E-state index in [4.69, 9.17) is 19.8 Å². The van der Waals surface area contributed by atoms with E-state index >= 15 is 0 Å². The molecular weight excluding hydrogens is 418 g/mol. The lowest BCUT2D eigenvalue weighted by molar-refractivity contribution is -0.133. The molecule has 0 radical (unpaired) electrons. The Balaban J connectivity index is 1.51. The summed E-state index contributed by atoms with van der Waals surface area (Å²) in [7, 11) is 3.71. The molecule has 4 aromatic rings. The van der Waals surface area contributed by atoms with E-state index in [2.05, 4.69) is 17.3 Å². The molecule has 1 unspecified atom stereocenters. The van der Waals surface area contributed by atoms with Crippen LogP contribution in [0.3, 0.4) is 0 Å². The van der Waals surface area contributed by atoms with Crippen molar-refractivity contribution < 1.29 is 9.53 Å². The van der Waals surface area contributed by atoms with Crippen molar-refractivity contribution in [2.24, 2.45) is 0 Å². The quantitative estimate of drug-likeness (QED) is 0.505. The van der Waals surface area contributed by atoms with E-state index in [9.17, 15) is 4.79 Å². The first-order valence-corrected chi connectivity index (χ1v) is 11.1. The monoisotopic (exact) mass is 445 g/mol. The third-order valence-electron chi connectivity index (χ3n) is 6.06. The maximum absolute atomic E-state index is 13.1. The number of piperazine rings is 1. The number of fused-ring (bicyclic) bond motifs is 3. The Hall–Kier alpha value is -3.72. The van der Waals surface area contributed by atoms with Gasteiger partial charge in [0.05, 0.1) is 12.6 Å². The topological polar surface area (TPSA) is 87.9 Å². The van der Waals surface area contributed by atoms with Crippen LogP contribution in [0.25, 0.3) is 27.9 Å². The molecule has 170 valence electrons. The summed E-state index contributed by atoms with van der Waals surface area (Å²) in [5.41, 5.74) is 2.35. The number of hydrogen-bond acceptors (Lipinski definition) is 7. The zero-order valence-electron chi connectivity index (χ0n) is 19.0. The highest BCUT2D eigenvalue weighted by atomic mass is 16.5. The third-order valence-corrected chi connectivity index (χ3v) is 6.06. The number of amides is 1. The molecule has 5 rings (SSSR count). The van der Waals surface area contributed by atoms with Crippen LogP contribution < -0.4 is 10.1 Å². The minimum Gasteiger partial charge on any atom is -0.497 e. The summed E-state index contributed by atoms with van der Waals surface area (Å²) in [6.45, 7) is 5.08. The van der Waals surface area contributed by atoms with Crippen molar-refractivity contribution in [3.05, 3.63) is 48.5 Å². The number of aromatic nitrogens is 4. The number of carbonyl (C=O) groups is 1. The van der Waals surface area contributed by atoms with E-state index in [1.165, 1.54) is 0 Å².